The number of benzene rings is 1. The Kier molecular flexibility index (Phi) is 3.89. The molecule has 19 heavy (non-hydrogen) atoms. The van der Waals surface area contributed by atoms with Crippen LogP contribution in [0.25, 0.3) is 0 Å². The Balaban J connectivity index is 2.39. The highest BCUT2D eigenvalue weighted by Gasteiger charge is 2.21. The van der Waals surface area contributed by atoms with Gasteiger partial charge in [-0.1, -0.05) is 6.07 Å². The van der Waals surface area contributed by atoms with Crippen LogP contribution in [0.1, 0.15) is 12.5 Å². The summed E-state index contributed by atoms with van der Waals surface area (Å²) < 4.78 is 10.7. The average Bonchev–Trinajstić information content (AvgIpc) is 2.92. The number of hydrogen-bond donors (Lipinski definition) is 2. The average molecular weight is 264 g/mol. The van der Waals surface area contributed by atoms with Crippen LogP contribution < -0.4 is 14.8 Å². The predicted molar refractivity (Wildman–Crippen MR) is 70.1 cm³/mol. The third-order valence-electron chi connectivity index (χ3n) is 2.77. The van der Waals surface area contributed by atoms with Crippen molar-refractivity contribution < 1.29 is 19.4 Å². The number of carbonyl (C=O) groups is 1. The van der Waals surface area contributed by atoms with Gasteiger partial charge in [-0.05, 0) is 19.1 Å². The summed E-state index contributed by atoms with van der Waals surface area (Å²) in [6.45, 7) is 2.93. The van der Waals surface area contributed by atoms with Gasteiger partial charge in [0.1, 0.15) is 5.84 Å². The first-order valence-corrected chi connectivity index (χ1v) is 5.98. The first-order valence-electron chi connectivity index (χ1n) is 5.98. The molecule has 2 rings (SSSR count). The summed E-state index contributed by atoms with van der Waals surface area (Å²) in [5.74, 6) is 0.555. The molecule has 6 heteroatoms. The van der Waals surface area contributed by atoms with Crippen molar-refractivity contribution in [3.05, 3.63) is 23.8 Å². The van der Waals surface area contributed by atoms with E-state index in [-0.39, 0.29) is 0 Å². The lowest BCUT2D eigenvalue weighted by atomic mass is 10.1. The van der Waals surface area contributed by atoms with Crippen LogP contribution >= 0.6 is 0 Å². The van der Waals surface area contributed by atoms with Crippen molar-refractivity contribution in [2.24, 2.45) is 4.99 Å². The molecule has 0 bridgehead atoms. The fraction of sp³-hybridized carbons (Fsp3) is 0.385. The molecule has 0 spiro atoms. The van der Waals surface area contributed by atoms with E-state index >= 15 is 0 Å². The monoisotopic (exact) mass is 264 g/mol. The maximum absolute atomic E-state index is 10.9. The highest BCUT2D eigenvalue weighted by atomic mass is 16.5. The number of carboxylic acid groups (broad SMARTS) is 1. The number of rotatable bonds is 5. The van der Waals surface area contributed by atoms with Crippen molar-refractivity contribution in [3.8, 4) is 11.5 Å². The van der Waals surface area contributed by atoms with Gasteiger partial charge in [0.25, 0.3) is 0 Å². The van der Waals surface area contributed by atoms with Crippen molar-refractivity contribution in [1.82, 2.24) is 5.32 Å². The van der Waals surface area contributed by atoms with Gasteiger partial charge in [0.15, 0.2) is 17.6 Å². The number of carboxylic acids is 1. The molecule has 0 radical (unpaired) electrons. The Labute approximate surface area is 111 Å². The van der Waals surface area contributed by atoms with E-state index in [0.717, 1.165) is 6.54 Å². The number of amidine groups is 1. The lowest BCUT2D eigenvalue weighted by Crippen LogP contribution is -2.26. The Hall–Kier alpha value is -2.24. The van der Waals surface area contributed by atoms with Gasteiger partial charge < -0.3 is 19.9 Å². The second kappa shape index (κ2) is 5.60. The maximum Gasteiger partial charge on any atom is 0.344 e. The van der Waals surface area contributed by atoms with E-state index in [4.69, 9.17) is 14.6 Å². The quantitative estimate of drug-likeness (QED) is 0.825. The summed E-state index contributed by atoms with van der Waals surface area (Å²) in [5.41, 5.74) is 0.713. The summed E-state index contributed by atoms with van der Waals surface area (Å²) in [6.07, 6.45) is -0.961. The zero-order valence-corrected chi connectivity index (χ0v) is 10.8. The summed E-state index contributed by atoms with van der Waals surface area (Å²) in [6, 6.07) is 5.36. The van der Waals surface area contributed by atoms with Crippen molar-refractivity contribution in [2.75, 3.05) is 20.2 Å². The smallest absolute Gasteiger partial charge is 0.344 e. The van der Waals surface area contributed by atoms with Crippen LogP contribution in [-0.4, -0.2) is 43.2 Å². The molecule has 0 aromatic heterocycles. The van der Waals surface area contributed by atoms with E-state index < -0.39 is 12.1 Å². The Bertz CT molecular complexity index is 513. The highest BCUT2D eigenvalue weighted by Crippen LogP contribution is 2.32. The van der Waals surface area contributed by atoms with E-state index in [9.17, 15) is 4.79 Å². The van der Waals surface area contributed by atoms with Crippen LogP contribution in [0.4, 0.5) is 0 Å². The summed E-state index contributed by atoms with van der Waals surface area (Å²) >= 11 is 0. The molecule has 0 amide bonds. The summed E-state index contributed by atoms with van der Waals surface area (Å²) in [7, 11) is 1.52. The van der Waals surface area contributed by atoms with Crippen LogP contribution in [0.3, 0.4) is 0 Å². The number of aliphatic imine (C=N–C) groups is 1. The van der Waals surface area contributed by atoms with Crippen LogP contribution in [0, 0.1) is 0 Å². The molecule has 6 nitrogen and oxygen atoms in total. The van der Waals surface area contributed by atoms with Gasteiger partial charge in [-0.2, -0.15) is 0 Å². The fourth-order valence-electron chi connectivity index (χ4n) is 1.79. The van der Waals surface area contributed by atoms with Crippen LogP contribution in [0.15, 0.2) is 23.2 Å². The molecule has 1 atom stereocenters. The van der Waals surface area contributed by atoms with Crippen molar-refractivity contribution in [3.63, 3.8) is 0 Å². The highest BCUT2D eigenvalue weighted by molar-refractivity contribution is 6.02. The van der Waals surface area contributed by atoms with Gasteiger partial charge in [-0.3, -0.25) is 4.99 Å². The van der Waals surface area contributed by atoms with E-state index in [1.807, 2.05) is 12.1 Å². The van der Waals surface area contributed by atoms with E-state index in [0.29, 0.717) is 29.4 Å². The molecular formula is C13H16N2O4. The molecule has 1 aliphatic rings. The molecule has 1 heterocycles. The van der Waals surface area contributed by atoms with Gasteiger partial charge in [0.05, 0.1) is 19.2 Å². The molecule has 102 valence electrons. The Morgan fingerprint density at radius 3 is 2.89 bits per heavy atom. The zero-order valence-electron chi connectivity index (χ0n) is 10.8. The Morgan fingerprint density at radius 2 is 2.32 bits per heavy atom. The van der Waals surface area contributed by atoms with Gasteiger partial charge in [-0.15, -0.1) is 0 Å². The largest absolute Gasteiger partial charge is 0.493 e. The molecule has 1 aromatic rings. The van der Waals surface area contributed by atoms with E-state index in [1.165, 1.54) is 14.0 Å². The van der Waals surface area contributed by atoms with Crippen LogP contribution in [0.2, 0.25) is 0 Å². The van der Waals surface area contributed by atoms with E-state index in [2.05, 4.69) is 10.3 Å². The van der Waals surface area contributed by atoms with Crippen molar-refractivity contribution in [1.29, 1.82) is 0 Å². The zero-order chi connectivity index (χ0) is 13.8. The number of nitrogens with one attached hydrogen (secondary N) is 1. The van der Waals surface area contributed by atoms with Crippen LogP contribution in [-0.2, 0) is 4.79 Å². The fourth-order valence-corrected chi connectivity index (χ4v) is 1.79. The molecule has 0 fully saturated rings. The molecule has 0 saturated heterocycles. The molecule has 1 unspecified atom stereocenters. The number of ether oxygens (including phenoxy) is 2. The first-order chi connectivity index (χ1) is 9.13. The van der Waals surface area contributed by atoms with Gasteiger partial charge in [-0.25, -0.2) is 4.79 Å². The minimum atomic E-state index is -1.03. The van der Waals surface area contributed by atoms with Crippen molar-refractivity contribution in [2.45, 2.75) is 13.0 Å². The number of nitrogens with zero attached hydrogens (tertiary/aromatic N) is 1. The number of methoxy groups -OCH3 is 1. The minimum absolute atomic E-state index is 0.396. The molecule has 1 aliphatic heterocycles. The summed E-state index contributed by atoms with van der Waals surface area (Å²) in [5, 5.41) is 12.1. The minimum Gasteiger partial charge on any atom is -0.493 e. The third kappa shape index (κ3) is 2.78. The van der Waals surface area contributed by atoms with Crippen LogP contribution in [0.5, 0.6) is 11.5 Å². The predicted octanol–water partition coefficient (Wildman–Crippen LogP) is 0.897. The molecular weight excluding hydrogens is 248 g/mol. The normalized spacial score (nSPS) is 15.4. The molecule has 0 saturated carbocycles. The third-order valence-corrected chi connectivity index (χ3v) is 2.77. The first kappa shape index (κ1) is 13.2. The Morgan fingerprint density at radius 1 is 1.53 bits per heavy atom. The number of hydrogen-bond acceptors (Lipinski definition) is 5. The summed E-state index contributed by atoms with van der Waals surface area (Å²) in [4.78, 5) is 15.2. The topological polar surface area (TPSA) is 80.1 Å². The van der Waals surface area contributed by atoms with Gasteiger partial charge >= 0.3 is 5.97 Å². The standard InChI is InChI=1S/C13H16N2O4/c1-8(13(16)17)19-11-9(12-14-6-7-15-12)4-3-5-10(11)18-2/h3-5,8H,6-7H2,1-2H3,(H,14,15)(H,16,17). The SMILES string of the molecule is COc1cccc(C2=NCCN2)c1OC(C)C(=O)O. The molecule has 0 aliphatic carbocycles. The second-order valence-corrected chi connectivity index (χ2v) is 4.09. The van der Waals surface area contributed by atoms with Gasteiger partial charge in [0.2, 0.25) is 0 Å². The maximum atomic E-state index is 10.9. The van der Waals surface area contributed by atoms with Crippen molar-refractivity contribution >= 4 is 11.8 Å². The second-order valence-electron chi connectivity index (χ2n) is 4.09. The number of para-hydroxylation sites is 1. The molecule has 1 aromatic carbocycles. The lowest BCUT2D eigenvalue weighted by Gasteiger charge is -2.17. The molecule has 2 N–H and O–H groups in total. The number of aliphatic carboxylic acids is 1. The van der Waals surface area contributed by atoms with E-state index in [1.54, 1.807) is 6.07 Å². The lowest BCUT2D eigenvalue weighted by molar-refractivity contribution is -0.144. The van der Waals surface area contributed by atoms with Gasteiger partial charge in [0, 0.05) is 6.54 Å².